The van der Waals surface area contributed by atoms with Crippen LogP contribution >= 0.6 is 0 Å². The first-order valence-electron chi connectivity index (χ1n) is 19.6. The fraction of sp³-hybridized carbons (Fsp3) is 0.897. The molecular weight excluding hydrogens is 640 g/mol. The van der Waals surface area contributed by atoms with Crippen LogP contribution in [0.15, 0.2) is 11.6 Å². The molecule has 0 aromatic heterocycles. The summed E-state index contributed by atoms with van der Waals surface area (Å²) in [5, 5.41) is 51.8. The molecule has 4 saturated carbocycles. The number of carbonyl (C=O) groups is 2. The summed E-state index contributed by atoms with van der Waals surface area (Å²) in [4.78, 5) is 28.7. The molecule has 1 amide bonds. The number of aliphatic hydroxyl groups is 4. The van der Waals surface area contributed by atoms with Crippen molar-refractivity contribution >= 4 is 11.7 Å². The molecule has 11 nitrogen and oxygen atoms in total. The number of fused-ring (bicyclic) bond motifs is 7. The molecule has 0 aromatic carbocycles. The minimum atomic E-state index is -1.59. The second-order valence-electron chi connectivity index (χ2n) is 18.1. The molecule has 50 heavy (non-hydrogen) atoms. The van der Waals surface area contributed by atoms with Crippen LogP contribution in [-0.4, -0.2) is 118 Å². The highest BCUT2D eigenvalue weighted by atomic mass is 16.5. The zero-order chi connectivity index (χ0) is 35.4. The van der Waals surface area contributed by atoms with Crippen LogP contribution in [0.1, 0.15) is 91.4 Å². The van der Waals surface area contributed by atoms with Gasteiger partial charge in [-0.05, 0) is 118 Å². The molecule has 3 heterocycles. The van der Waals surface area contributed by atoms with Crippen LogP contribution < -0.4 is 5.32 Å². The third-order valence-corrected chi connectivity index (χ3v) is 15.7. The van der Waals surface area contributed by atoms with E-state index in [0.717, 1.165) is 63.6 Å². The Morgan fingerprint density at radius 2 is 1.96 bits per heavy atom. The summed E-state index contributed by atoms with van der Waals surface area (Å²) in [7, 11) is 1.69. The normalized spacial score (nSPS) is 49.6. The number of allylic oxidation sites excluding steroid dienone is 1. The van der Waals surface area contributed by atoms with Crippen molar-refractivity contribution in [1.82, 2.24) is 10.2 Å². The molecule has 2 bridgehead atoms. The van der Waals surface area contributed by atoms with E-state index in [1.807, 2.05) is 6.92 Å². The molecule has 8 rings (SSSR count). The predicted octanol–water partition coefficient (Wildman–Crippen LogP) is 2.33. The first-order valence-corrected chi connectivity index (χ1v) is 19.6. The number of hydrogen-bond acceptors (Lipinski definition) is 10. The molecule has 1 spiro atoms. The minimum Gasteiger partial charge on any atom is -0.387 e. The number of ether oxygens (including phenoxy) is 3. The number of nitrogens with zero attached hydrogens (tertiary/aromatic N) is 1. The van der Waals surface area contributed by atoms with Gasteiger partial charge in [-0.15, -0.1) is 0 Å². The first kappa shape index (κ1) is 35.6. The number of amides is 1. The fourth-order valence-electron chi connectivity index (χ4n) is 13.2. The predicted molar refractivity (Wildman–Crippen MR) is 182 cm³/mol. The lowest BCUT2D eigenvalue weighted by molar-refractivity contribution is -0.219. The molecule has 5 aliphatic carbocycles. The van der Waals surface area contributed by atoms with Crippen LogP contribution in [0.3, 0.4) is 0 Å². The number of nitrogens with one attached hydrogen (secondary N) is 1. The second kappa shape index (κ2) is 12.6. The van der Waals surface area contributed by atoms with Gasteiger partial charge in [-0.2, -0.15) is 0 Å². The van der Waals surface area contributed by atoms with Crippen LogP contribution in [0.4, 0.5) is 0 Å². The molecule has 16 atom stereocenters. The van der Waals surface area contributed by atoms with Gasteiger partial charge in [0, 0.05) is 44.7 Å². The highest BCUT2D eigenvalue weighted by Gasteiger charge is 2.73. The topological polar surface area (TPSA) is 158 Å². The Balaban J connectivity index is 1.04. The molecule has 0 aromatic rings. The number of methoxy groups -OCH3 is 1. The zero-order valence-corrected chi connectivity index (χ0v) is 30.4. The van der Waals surface area contributed by atoms with Gasteiger partial charge in [0.1, 0.15) is 18.4 Å². The number of carbonyl (C=O) groups excluding carboxylic acids is 2. The van der Waals surface area contributed by atoms with E-state index >= 15 is 0 Å². The molecule has 3 saturated heterocycles. The Labute approximate surface area is 296 Å². The fourth-order valence-corrected chi connectivity index (χ4v) is 13.2. The van der Waals surface area contributed by atoms with E-state index in [1.54, 1.807) is 25.0 Å². The number of aliphatic hydroxyl groups excluding tert-OH is 2. The van der Waals surface area contributed by atoms with Gasteiger partial charge < -0.3 is 39.5 Å². The van der Waals surface area contributed by atoms with E-state index in [9.17, 15) is 30.0 Å². The molecule has 0 radical (unpaired) electrons. The van der Waals surface area contributed by atoms with Gasteiger partial charge in [-0.1, -0.05) is 20.3 Å². The molecule has 5 N–H and O–H groups in total. The van der Waals surface area contributed by atoms with Crippen molar-refractivity contribution in [3.8, 4) is 0 Å². The second-order valence-corrected chi connectivity index (χ2v) is 18.1. The largest absolute Gasteiger partial charge is 0.387 e. The lowest BCUT2D eigenvalue weighted by Crippen LogP contribution is -2.67. The zero-order valence-electron chi connectivity index (χ0n) is 30.4. The van der Waals surface area contributed by atoms with E-state index in [-0.39, 0.29) is 52.8 Å². The lowest BCUT2D eigenvalue weighted by Gasteiger charge is -2.65. The maximum Gasteiger partial charge on any atom is 0.239 e. The Morgan fingerprint density at radius 3 is 2.70 bits per heavy atom. The summed E-state index contributed by atoms with van der Waals surface area (Å²) < 4.78 is 17.8. The number of hydrogen-bond donors (Lipinski definition) is 5. The van der Waals surface area contributed by atoms with Crippen molar-refractivity contribution in [1.29, 1.82) is 0 Å². The molecule has 0 unspecified atom stereocenters. The lowest BCUT2D eigenvalue weighted by atomic mass is 9.40. The molecule has 3 aliphatic heterocycles. The molecule has 280 valence electrons. The number of rotatable bonds is 9. The van der Waals surface area contributed by atoms with Gasteiger partial charge in [0.25, 0.3) is 0 Å². The summed E-state index contributed by atoms with van der Waals surface area (Å²) in [5.74, 6) is -0.422. The Hall–Kier alpha value is -1.44. The molecule has 8 aliphatic rings. The summed E-state index contributed by atoms with van der Waals surface area (Å²) in [5.41, 5.74) is -2.87. The average Bonchev–Trinajstić information content (AvgIpc) is 3.82. The minimum absolute atomic E-state index is 0.00695. The van der Waals surface area contributed by atoms with Crippen molar-refractivity contribution in [3.63, 3.8) is 0 Å². The highest BCUT2D eigenvalue weighted by Crippen LogP contribution is 2.73. The quantitative estimate of drug-likeness (QED) is 0.179. The van der Waals surface area contributed by atoms with E-state index in [4.69, 9.17) is 14.2 Å². The summed E-state index contributed by atoms with van der Waals surface area (Å²) in [6.45, 7) is 8.75. The van der Waals surface area contributed by atoms with Crippen LogP contribution in [0.2, 0.25) is 0 Å². The van der Waals surface area contributed by atoms with Crippen LogP contribution in [0.25, 0.3) is 0 Å². The van der Waals surface area contributed by atoms with Crippen molar-refractivity contribution in [2.45, 2.75) is 139 Å². The van der Waals surface area contributed by atoms with Gasteiger partial charge in [-0.25, -0.2) is 0 Å². The average molecular weight is 701 g/mol. The van der Waals surface area contributed by atoms with Crippen molar-refractivity contribution in [2.24, 2.45) is 46.3 Å². The van der Waals surface area contributed by atoms with Gasteiger partial charge in [-0.3, -0.25) is 14.9 Å². The third-order valence-electron chi connectivity index (χ3n) is 15.7. The molecule has 11 heteroatoms. The van der Waals surface area contributed by atoms with E-state index in [1.165, 1.54) is 0 Å². The van der Waals surface area contributed by atoms with Crippen molar-refractivity contribution in [2.75, 3.05) is 33.4 Å². The molecule has 7 fully saturated rings. The first-order chi connectivity index (χ1) is 23.8. The van der Waals surface area contributed by atoms with E-state index in [0.29, 0.717) is 38.9 Å². The Bertz CT molecular complexity index is 1380. The van der Waals surface area contributed by atoms with Gasteiger partial charge >= 0.3 is 0 Å². The summed E-state index contributed by atoms with van der Waals surface area (Å²) in [6.07, 6.45) is 6.48. The Kier molecular flexibility index (Phi) is 8.95. The maximum atomic E-state index is 14.1. The standard InChI is InChI=1S/C39H60N2O9/c1-21-24-18-27(35(45)41-13-14-41)40-34(44)32(24)50-31(21)33(43)37(3,46)29-9-12-39(47)26-19-28(42)25-17-23(49-16-6-15-48-4)8-11-36(25,2)30(26)22-7-5-10-38(29,39)20-22/h19,21-25,27,29-34,40,43-44,46-47H,5-18,20H2,1-4H3/t21-,22+,23+,24-,25+,27+,29-,30+,31+,32-,33-,34+,36+,37+,38-,39-/m1/s1. The van der Waals surface area contributed by atoms with E-state index < -0.39 is 53.1 Å². The number of ketones is 1. The highest BCUT2D eigenvalue weighted by molar-refractivity contribution is 5.95. The maximum absolute atomic E-state index is 14.1. The van der Waals surface area contributed by atoms with Crippen LogP contribution in [-0.2, 0) is 23.8 Å². The molecular formula is C39H60N2O9. The van der Waals surface area contributed by atoms with Gasteiger partial charge in [0.05, 0.1) is 29.5 Å². The Morgan fingerprint density at radius 1 is 1.18 bits per heavy atom. The van der Waals surface area contributed by atoms with Crippen LogP contribution in [0.5, 0.6) is 0 Å². The van der Waals surface area contributed by atoms with E-state index in [2.05, 4.69) is 12.2 Å². The van der Waals surface area contributed by atoms with Crippen LogP contribution in [0, 0.1) is 46.3 Å². The smallest absolute Gasteiger partial charge is 0.239 e. The third kappa shape index (κ3) is 5.18. The van der Waals surface area contributed by atoms with Crippen molar-refractivity contribution in [3.05, 3.63) is 11.6 Å². The van der Waals surface area contributed by atoms with Gasteiger partial charge in [0.15, 0.2) is 5.78 Å². The monoisotopic (exact) mass is 700 g/mol. The van der Waals surface area contributed by atoms with Crippen molar-refractivity contribution < 1.29 is 44.2 Å². The van der Waals surface area contributed by atoms with Gasteiger partial charge in [0.2, 0.25) is 5.91 Å². The SMILES string of the molecule is COCCCO[C@H]1CC[C@]2(C)[C@@H]3C(=CC(=O)[C@@H]2C1)[C@]1(O)CC[C@H]([C@](C)(O)[C@H](O)[C@H]2O[C@@H]4[C@H](C[C@@H](C(=O)N5CC5)N[C@H]4O)[C@H]2C)[C@]12CCC[C@H]3C2. The number of piperidine rings is 1. The summed E-state index contributed by atoms with van der Waals surface area (Å²) in [6, 6.07) is -0.495. The summed E-state index contributed by atoms with van der Waals surface area (Å²) >= 11 is 0.